The fourth-order valence-electron chi connectivity index (χ4n) is 1.80. The SMILES string of the molecule is CS(N)(=O)(c1ccccc1)c1ccc([N+](=O)[O-])cc1. The number of benzene rings is 2. The Labute approximate surface area is 110 Å². The van der Waals surface area contributed by atoms with Gasteiger partial charge in [0.1, 0.15) is 0 Å². The van der Waals surface area contributed by atoms with E-state index in [0.29, 0.717) is 9.79 Å². The molecule has 6 heteroatoms. The summed E-state index contributed by atoms with van der Waals surface area (Å²) < 4.78 is 13.1. The molecule has 0 spiro atoms. The molecular formula is C13H14N2O3S. The van der Waals surface area contributed by atoms with Gasteiger partial charge >= 0.3 is 0 Å². The van der Waals surface area contributed by atoms with E-state index in [-0.39, 0.29) is 5.69 Å². The second kappa shape index (κ2) is 4.25. The van der Waals surface area contributed by atoms with Gasteiger partial charge in [0.15, 0.2) is 0 Å². The maximum Gasteiger partial charge on any atom is 0.269 e. The van der Waals surface area contributed by atoms with E-state index in [1.165, 1.54) is 30.5 Å². The number of nitro benzene ring substituents is 1. The molecule has 0 atom stereocenters. The van der Waals surface area contributed by atoms with Gasteiger partial charge in [-0.2, -0.15) is 0 Å². The molecule has 0 aliphatic rings. The first kappa shape index (κ1) is 13.4. The number of nitrogens with two attached hydrogens (primary N) is 1. The molecule has 0 aromatic heterocycles. The maximum atomic E-state index is 13.1. The molecule has 0 unspecified atom stereocenters. The molecular weight excluding hydrogens is 264 g/mol. The molecule has 0 aliphatic heterocycles. The highest BCUT2D eigenvalue weighted by Gasteiger charge is 2.31. The summed E-state index contributed by atoms with van der Waals surface area (Å²) in [5.74, 6) is 0. The van der Waals surface area contributed by atoms with Gasteiger partial charge in [0.05, 0.1) is 4.92 Å². The van der Waals surface area contributed by atoms with E-state index in [1.54, 1.807) is 24.3 Å². The summed E-state index contributed by atoms with van der Waals surface area (Å²) in [4.78, 5) is 11.0. The minimum atomic E-state index is -3.69. The van der Waals surface area contributed by atoms with Crippen LogP contribution in [-0.2, 0) is 9.25 Å². The fraction of sp³-hybridized carbons (Fsp3) is 0.0769. The summed E-state index contributed by atoms with van der Waals surface area (Å²) in [7, 11) is -3.69. The predicted molar refractivity (Wildman–Crippen MR) is 74.3 cm³/mol. The Kier molecular flexibility index (Phi) is 3.00. The van der Waals surface area contributed by atoms with Gasteiger partial charge in [-0.1, -0.05) is 18.2 Å². The molecule has 0 fully saturated rings. The molecule has 0 saturated heterocycles. The Morgan fingerprint density at radius 2 is 1.47 bits per heavy atom. The minimum absolute atomic E-state index is 0.0556. The molecule has 2 rings (SSSR count). The Morgan fingerprint density at radius 3 is 1.95 bits per heavy atom. The van der Waals surface area contributed by atoms with E-state index in [4.69, 9.17) is 5.14 Å². The summed E-state index contributed by atoms with van der Waals surface area (Å²) >= 11 is 0. The lowest BCUT2D eigenvalue weighted by atomic mass is 10.3. The van der Waals surface area contributed by atoms with E-state index < -0.39 is 14.2 Å². The number of rotatable bonds is 3. The van der Waals surface area contributed by atoms with E-state index in [9.17, 15) is 14.3 Å². The van der Waals surface area contributed by atoms with Crippen molar-refractivity contribution in [2.24, 2.45) is 5.14 Å². The van der Waals surface area contributed by atoms with Crippen molar-refractivity contribution < 1.29 is 9.13 Å². The van der Waals surface area contributed by atoms with Crippen molar-refractivity contribution in [3.05, 3.63) is 64.7 Å². The van der Waals surface area contributed by atoms with Crippen LogP contribution in [0.2, 0.25) is 0 Å². The average molecular weight is 278 g/mol. The standard InChI is InChI=1S/C13H14N2O3S/c1-19(14,18,12-5-3-2-4-6-12)13-9-7-11(8-10-13)15(16)17/h2-10H,1H3,(H2,14,18). The number of hydrogen-bond donors (Lipinski definition) is 1. The summed E-state index contributed by atoms with van der Waals surface area (Å²) in [5, 5.41) is 16.7. The van der Waals surface area contributed by atoms with Crippen molar-refractivity contribution in [1.29, 1.82) is 0 Å². The molecule has 0 heterocycles. The summed E-state index contributed by atoms with van der Waals surface area (Å²) in [6.45, 7) is 0. The van der Waals surface area contributed by atoms with Crippen LogP contribution >= 0.6 is 0 Å². The molecule has 2 aromatic carbocycles. The van der Waals surface area contributed by atoms with Gasteiger partial charge in [-0.05, 0) is 33.5 Å². The van der Waals surface area contributed by atoms with Gasteiger partial charge in [-0.25, -0.2) is 0 Å². The molecule has 0 radical (unpaired) electrons. The van der Waals surface area contributed by atoms with E-state index in [1.807, 2.05) is 6.07 Å². The summed E-state index contributed by atoms with van der Waals surface area (Å²) in [6, 6.07) is 14.2. The fourth-order valence-corrected chi connectivity index (χ4v) is 3.72. The largest absolute Gasteiger partial charge is 0.269 e. The van der Waals surface area contributed by atoms with Crippen LogP contribution < -0.4 is 5.14 Å². The smallest absolute Gasteiger partial charge is 0.265 e. The zero-order valence-corrected chi connectivity index (χ0v) is 11.2. The normalized spacial score (nSPS) is 13.5. The highest BCUT2D eigenvalue weighted by molar-refractivity contribution is 8.17. The van der Waals surface area contributed by atoms with Crippen LogP contribution in [-0.4, -0.2) is 15.4 Å². The number of non-ortho nitro benzene ring substituents is 1. The Balaban J connectivity index is 2.56. The molecule has 2 N–H and O–H groups in total. The molecule has 0 aliphatic carbocycles. The van der Waals surface area contributed by atoms with Crippen LogP contribution in [0.5, 0.6) is 0 Å². The van der Waals surface area contributed by atoms with Crippen molar-refractivity contribution in [2.45, 2.75) is 9.79 Å². The van der Waals surface area contributed by atoms with Gasteiger partial charge in [-0.3, -0.25) is 19.5 Å². The van der Waals surface area contributed by atoms with Crippen LogP contribution in [0.3, 0.4) is 0 Å². The molecule has 19 heavy (non-hydrogen) atoms. The van der Waals surface area contributed by atoms with Crippen LogP contribution in [0.15, 0.2) is 64.4 Å². The maximum absolute atomic E-state index is 13.1. The summed E-state index contributed by atoms with van der Waals surface area (Å²) in [5.41, 5.74) is -0.0556. The van der Waals surface area contributed by atoms with Crippen molar-refractivity contribution in [1.82, 2.24) is 0 Å². The lowest BCUT2D eigenvalue weighted by Crippen LogP contribution is -2.41. The highest BCUT2D eigenvalue weighted by Crippen LogP contribution is 2.35. The molecule has 0 saturated carbocycles. The Hall–Kier alpha value is -2.05. The van der Waals surface area contributed by atoms with Gasteiger partial charge < -0.3 is 0 Å². The average Bonchev–Trinajstić information content (AvgIpc) is 2.39. The third-order valence-electron chi connectivity index (χ3n) is 2.96. The summed E-state index contributed by atoms with van der Waals surface area (Å²) in [6.07, 6.45) is 1.47. The van der Waals surface area contributed by atoms with E-state index >= 15 is 0 Å². The van der Waals surface area contributed by atoms with Gasteiger partial charge in [0, 0.05) is 28.2 Å². The number of nitro groups is 1. The van der Waals surface area contributed by atoms with E-state index in [0.717, 1.165) is 0 Å². The van der Waals surface area contributed by atoms with Crippen molar-refractivity contribution in [3.63, 3.8) is 0 Å². The van der Waals surface area contributed by atoms with Crippen LogP contribution in [0.1, 0.15) is 0 Å². The monoisotopic (exact) mass is 278 g/mol. The zero-order valence-electron chi connectivity index (χ0n) is 10.4. The van der Waals surface area contributed by atoms with E-state index in [2.05, 4.69) is 0 Å². The third kappa shape index (κ3) is 2.40. The van der Waals surface area contributed by atoms with Crippen LogP contribution in [0, 0.1) is 10.1 Å². The number of hydrogen-bond acceptors (Lipinski definition) is 3. The molecule has 100 valence electrons. The van der Waals surface area contributed by atoms with Gasteiger partial charge in [-0.15, -0.1) is 0 Å². The quantitative estimate of drug-likeness (QED) is 0.690. The Morgan fingerprint density at radius 1 is 1.00 bits per heavy atom. The molecule has 2 aromatic rings. The van der Waals surface area contributed by atoms with Crippen LogP contribution in [0.4, 0.5) is 5.69 Å². The van der Waals surface area contributed by atoms with Crippen LogP contribution in [0.25, 0.3) is 0 Å². The number of nitrogens with zero attached hydrogens (tertiary/aromatic N) is 1. The van der Waals surface area contributed by atoms with Gasteiger partial charge in [0.2, 0.25) is 0 Å². The second-order valence-electron chi connectivity index (χ2n) is 4.48. The minimum Gasteiger partial charge on any atom is -0.265 e. The van der Waals surface area contributed by atoms with Crippen molar-refractivity contribution >= 4 is 14.9 Å². The first-order valence-corrected chi connectivity index (χ1v) is 7.98. The van der Waals surface area contributed by atoms with Gasteiger partial charge in [0.25, 0.3) is 5.69 Å². The second-order valence-corrected chi connectivity index (χ2v) is 8.24. The molecule has 0 amide bonds. The van der Waals surface area contributed by atoms with Crippen molar-refractivity contribution in [3.8, 4) is 0 Å². The van der Waals surface area contributed by atoms with Crippen molar-refractivity contribution in [2.75, 3.05) is 6.26 Å². The topological polar surface area (TPSA) is 86.2 Å². The zero-order chi connectivity index (χ0) is 14.1. The molecule has 0 bridgehead atoms. The first-order chi connectivity index (χ1) is 8.80. The lowest BCUT2D eigenvalue weighted by molar-refractivity contribution is -0.384. The lowest BCUT2D eigenvalue weighted by Gasteiger charge is -2.34. The Bertz CT molecular complexity index is 675. The third-order valence-corrected chi connectivity index (χ3v) is 5.85. The molecule has 5 nitrogen and oxygen atoms in total. The highest BCUT2D eigenvalue weighted by atomic mass is 32.3. The predicted octanol–water partition coefficient (Wildman–Crippen LogP) is 2.34. The first-order valence-electron chi connectivity index (χ1n) is 5.54.